The lowest BCUT2D eigenvalue weighted by molar-refractivity contribution is 0.102. The Hall–Kier alpha value is -2.60. The number of anilines is 1. The summed E-state index contributed by atoms with van der Waals surface area (Å²) < 4.78 is 5.08. The normalized spacial score (nSPS) is 11.4. The van der Waals surface area contributed by atoms with Gasteiger partial charge >= 0.3 is 0 Å². The highest BCUT2D eigenvalue weighted by Gasteiger charge is 2.16. The average Bonchev–Trinajstić information content (AvgIpc) is 3.05. The summed E-state index contributed by atoms with van der Waals surface area (Å²) in [6, 6.07) is 13.4. The van der Waals surface area contributed by atoms with E-state index in [1.54, 1.807) is 18.3 Å². The average molecular weight is 382 g/mol. The molecular formula is C21H23N3O2S. The lowest BCUT2D eigenvalue weighted by atomic mass is 9.87. The molecule has 0 fully saturated rings. The standard InChI is InChI=1S/C21H23N3O2S/c1-14-12-17(24-26-14)13-27-20-18(6-5-11-22-20)19(25)23-16-9-7-15(8-10-16)21(2,3)4/h5-12H,13H2,1-4H3,(H,23,25). The molecule has 6 heteroatoms. The summed E-state index contributed by atoms with van der Waals surface area (Å²) in [7, 11) is 0. The van der Waals surface area contributed by atoms with Crippen molar-refractivity contribution in [2.24, 2.45) is 0 Å². The van der Waals surface area contributed by atoms with Gasteiger partial charge in [-0.15, -0.1) is 0 Å². The molecule has 0 spiro atoms. The van der Waals surface area contributed by atoms with Crippen LogP contribution in [0.25, 0.3) is 0 Å². The molecule has 27 heavy (non-hydrogen) atoms. The minimum absolute atomic E-state index is 0.0785. The van der Waals surface area contributed by atoms with Crippen molar-refractivity contribution < 1.29 is 9.32 Å². The number of amides is 1. The molecule has 0 saturated heterocycles. The van der Waals surface area contributed by atoms with Crippen molar-refractivity contribution in [2.45, 2.75) is 43.9 Å². The molecule has 2 aromatic heterocycles. The van der Waals surface area contributed by atoms with Crippen molar-refractivity contribution >= 4 is 23.4 Å². The number of rotatable bonds is 5. The molecule has 0 saturated carbocycles. The van der Waals surface area contributed by atoms with E-state index < -0.39 is 0 Å². The van der Waals surface area contributed by atoms with Crippen LogP contribution in [-0.4, -0.2) is 16.0 Å². The highest BCUT2D eigenvalue weighted by molar-refractivity contribution is 7.98. The Kier molecular flexibility index (Phi) is 5.65. The van der Waals surface area contributed by atoms with Crippen LogP contribution in [0.3, 0.4) is 0 Å². The maximum atomic E-state index is 12.7. The molecule has 0 aliphatic carbocycles. The second kappa shape index (κ2) is 7.96. The predicted molar refractivity (Wildman–Crippen MR) is 108 cm³/mol. The minimum atomic E-state index is -0.176. The number of hydrogen-bond acceptors (Lipinski definition) is 5. The number of carbonyl (C=O) groups excluding carboxylic acids is 1. The predicted octanol–water partition coefficient (Wildman–Crippen LogP) is 5.22. The van der Waals surface area contributed by atoms with Crippen molar-refractivity contribution in [2.75, 3.05) is 5.32 Å². The fraction of sp³-hybridized carbons (Fsp3) is 0.286. The summed E-state index contributed by atoms with van der Waals surface area (Å²) >= 11 is 1.46. The first-order valence-electron chi connectivity index (χ1n) is 8.75. The third-order valence-electron chi connectivity index (χ3n) is 4.06. The maximum Gasteiger partial charge on any atom is 0.258 e. The molecule has 2 heterocycles. The van der Waals surface area contributed by atoms with Crippen LogP contribution in [0.1, 0.15) is 48.1 Å². The van der Waals surface area contributed by atoms with Crippen molar-refractivity contribution in [3.63, 3.8) is 0 Å². The van der Waals surface area contributed by atoms with Gasteiger partial charge in [-0.3, -0.25) is 4.79 Å². The van der Waals surface area contributed by atoms with Crippen molar-refractivity contribution in [3.8, 4) is 0 Å². The van der Waals surface area contributed by atoms with E-state index in [1.807, 2.05) is 37.3 Å². The van der Waals surface area contributed by atoms with Gasteiger partial charge in [-0.25, -0.2) is 4.98 Å². The summed E-state index contributed by atoms with van der Waals surface area (Å²) in [6.07, 6.45) is 1.69. The van der Waals surface area contributed by atoms with Gasteiger partial charge in [0.2, 0.25) is 0 Å². The summed E-state index contributed by atoms with van der Waals surface area (Å²) in [5, 5.41) is 7.60. The molecule has 1 amide bonds. The Morgan fingerprint density at radius 3 is 2.56 bits per heavy atom. The number of nitrogens with zero attached hydrogens (tertiary/aromatic N) is 2. The molecule has 140 valence electrons. The third kappa shape index (κ3) is 4.98. The molecule has 1 N–H and O–H groups in total. The number of pyridine rings is 1. The highest BCUT2D eigenvalue weighted by atomic mass is 32.2. The summed E-state index contributed by atoms with van der Waals surface area (Å²) in [6.45, 7) is 8.34. The number of hydrogen-bond donors (Lipinski definition) is 1. The molecule has 0 atom stereocenters. The molecule has 0 unspecified atom stereocenters. The van der Waals surface area contributed by atoms with E-state index in [4.69, 9.17) is 4.52 Å². The van der Waals surface area contributed by atoms with Crippen LogP contribution < -0.4 is 5.32 Å². The van der Waals surface area contributed by atoms with E-state index in [9.17, 15) is 4.79 Å². The van der Waals surface area contributed by atoms with E-state index in [2.05, 4.69) is 36.2 Å². The van der Waals surface area contributed by atoms with Gasteiger partial charge in [0.05, 0.1) is 11.3 Å². The SMILES string of the molecule is Cc1cc(CSc2ncccc2C(=O)Nc2ccc(C(C)(C)C)cc2)no1. The fourth-order valence-electron chi connectivity index (χ4n) is 2.56. The smallest absolute Gasteiger partial charge is 0.258 e. The first-order chi connectivity index (χ1) is 12.8. The maximum absolute atomic E-state index is 12.7. The largest absolute Gasteiger partial charge is 0.361 e. The van der Waals surface area contributed by atoms with E-state index in [-0.39, 0.29) is 11.3 Å². The van der Waals surface area contributed by atoms with E-state index >= 15 is 0 Å². The zero-order chi connectivity index (χ0) is 19.4. The Balaban J connectivity index is 1.71. The number of nitrogens with one attached hydrogen (secondary N) is 1. The van der Waals surface area contributed by atoms with Crippen LogP contribution in [0, 0.1) is 6.92 Å². The van der Waals surface area contributed by atoms with Gasteiger partial charge in [0.15, 0.2) is 0 Å². The lowest BCUT2D eigenvalue weighted by Crippen LogP contribution is -2.14. The molecule has 5 nitrogen and oxygen atoms in total. The quantitative estimate of drug-likeness (QED) is 0.614. The number of aryl methyl sites for hydroxylation is 1. The Bertz CT molecular complexity index is 927. The molecular weight excluding hydrogens is 358 g/mol. The van der Waals surface area contributed by atoms with Crippen molar-refractivity contribution in [3.05, 3.63) is 71.2 Å². The van der Waals surface area contributed by atoms with Gasteiger partial charge in [0.1, 0.15) is 10.8 Å². The molecule has 1 aromatic carbocycles. The van der Waals surface area contributed by atoms with Gasteiger partial charge in [-0.1, -0.05) is 49.8 Å². The second-order valence-electron chi connectivity index (χ2n) is 7.36. The zero-order valence-corrected chi connectivity index (χ0v) is 16.8. The Morgan fingerprint density at radius 2 is 1.93 bits per heavy atom. The van der Waals surface area contributed by atoms with Crippen molar-refractivity contribution in [1.82, 2.24) is 10.1 Å². The summed E-state index contributed by atoms with van der Waals surface area (Å²) in [5.74, 6) is 1.18. The van der Waals surface area contributed by atoms with Gasteiger partial charge in [-0.2, -0.15) is 0 Å². The van der Waals surface area contributed by atoms with Crippen LogP contribution in [0.15, 0.2) is 58.2 Å². The van der Waals surface area contributed by atoms with Gasteiger partial charge in [-0.05, 0) is 42.2 Å². The lowest BCUT2D eigenvalue weighted by Gasteiger charge is -2.19. The summed E-state index contributed by atoms with van der Waals surface area (Å²) in [5.41, 5.74) is 3.44. The van der Waals surface area contributed by atoms with Crippen LogP contribution in [0.4, 0.5) is 5.69 Å². The van der Waals surface area contributed by atoms with E-state index in [1.165, 1.54) is 17.3 Å². The summed E-state index contributed by atoms with van der Waals surface area (Å²) in [4.78, 5) is 17.1. The van der Waals surface area contributed by atoms with Crippen LogP contribution in [-0.2, 0) is 11.2 Å². The second-order valence-corrected chi connectivity index (χ2v) is 8.32. The minimum Gasteiger partial charge on any atom is -0.361 e. The van der Waals surface area contributed by atoms with Crippen LogP contribution in [0.5, 0.6) is 0 Å². The third-order valence-corrected chi connectivity index (χ3v) is 5.10. The zero-order valence-electron chi connectivity index (χ0n) is 15.9. The molecule has 3 rings (SSSR count). The van der Waals surface area contributed by atoms with E-state index in [0.29, 0.717) is 16.3 Å². The molecule has 0 aliphatic heterocycles. The fourth-order valence-corrected chi connectivity index (χ4v) is 3.43. The molecule has 0 bridgehead atoms. The first-order valence-corrected chi connectivity index (χ1v) is 9.73. The molecule has 3 aromatic rings. The van der Waals surface area contributed by atoms with Crippen LogP contribution >= 0.6 is 11.8 Å². The monoisotopic (exact) mass is 381 g/mol. The van der Waals surface area contributed by atoms with Gasteiger partial charge in [0.25, 0.3) is 5.91 Å². The van der Waals surface area contributed by atoms with E-state index in [0.717, 1.165) is 17.1 Å². The number of benzene rings is 1. The van der Waals surface area contributed by atoms with Gasteiger partial charge in [0, 0.05) is 23.7 Å². The molecule has 0 radical (unpaired) electrons. The van der Waals surface area contributed by atoms with Crippen LogP contribution in [0.2, 0.25) is 0 Å². The van der Waals surface area contributed by atoms with Crippen molar-refractivity contribution in [1.29, 1.82) is 0 Å². The Morgan fingerprint density at radius 1 is 1.19 bits per heavy atom. The molecule has 0 aliphatic rings. The van der Waals surface area contributed by atoms with Gasteiger partial charge < -0.3 is 9.84 Å². The number of thioether (sulfide) groups is 1. The number of aromatic nitrogens is 2. The Labute approximate surface area is 163 Å². The highest BCUT2D eigenvalue weighted by Crippen LogP contribution is 2.26. The topological polar surface area (TPSA) is 68.0 Å². The first kappa shape index (κ1) is 19.2. The number of carbonyl (C=O) groups is 1.